The fourth-order valence-electron chi connectivity index (χ4n) is 4.95. The van der Waals surface area contributed by atoms with Crippen molar-refractivity contribution in [3.63, 3.8) is 0 Å². The van der Waals surface area contributed by atoms with Crippen molar-refractivity contribution in [1.82, 2.24) is 0 Å². The van der Waals surface area contributed by atoms with Gasteiger partial charge in [-0.2, -0.15) is 0 Å². The van der Waals surface area contributed by atoms with Crippen molar-refractivity contribution in [1.29, 1.82) is 0 Å². The fourth-order valence-corrected chi connectivity index (χ4v) is 4.95. The number of allylic oxidation sites excluding steroid dienone is 9. The van der Waals surface area contributed by atoms with Gasteiger partial charge in [0.15, 0.2) is 0 Å². The molecule has 0 aromatic carbocycles. The minimum absolute atomic E-state index is 0.00302. The molecule has 1 aliphatic heterocycles. The molecule has 0 amide bonds. The summed E-state index contributed by atoms with van der Waals surface area (Å²) in [4.78, 5) is 10.5. The molecule has 1 unspecified atom stereocenters. The Kier molecular flexibility index (Phi) is 6.45. The van der Waals surface area contributed by atoms with Crippen molar-refractivity contribution in [2.45, 2.75) is 58.3 Å². The van der Waals surface area contributed by atoms with Crippen LogP contribution in [0, 0.1) is 17.8 Å². The lowest BCUT2D eigenvalue weighted by molar-refractivity contribution is -0.131. The predicted molar refractivity (Wildman–Crippen MR) is 115 cm³/mol. The van der Waals surface area contributed by atoms with Crippen LogP contribution in [0.15, 0.2) is 71.4 Å². The number of fused-ring (bicyclic) bond motifs is 3. The maximum atomic E-state index is 11.7. The van der Waals surface area contributed by atoms with Gasteiger partial charge in [-0.05, 0) is 57.9 Å². The number of ether oxygens (including phenoxy) is 1. The molecular formula is C25H32O4. The molecular weight excluding hydrogens is 364 g/mol. The first kappa shape index (κ1) is 21.5. The van der Waals surface area contributed by atoms with Gasteiger partial charge in [0.05, 0.1) is 6.10 Å². The second-order valence-electron chi connectivity index (χ2n) is 8.51. The van der Waals surface area contributed by atoms with E-state index in [1.54, 1.807) is 6.08 Å². The van der Waals surface area contributed by atoms with Gasteiger partial charge in [-0.15, -0.1) is 0 Å². The molecule has 4 heteroatoms. The number of rotatable bonds is 6. The number of epoxide rings is 1. The number of hydrogen-bond donors (Lipinski definition) is 2. The lowest BCUT2D eigenvalue weighted by atomic mass is 9.58. The van der Waals surface area contributed by atoms with Crippen LogP contribution in [0.25, 0.3) is 0 Å². The smallest absolute Gasteiger partial charge is 0.328 e. The molecule has 3 aliphatic rings. The molecule has 29 heavy (non-hydrogen) atoms. The third kappa shape index (κ3) is 4.39. The zero-order chi connectivity index (χ0) is 21.2. The number of carboxylic acid groups (broad SMARTS) is 1. The van der Waals surface area contributed by atoms with Crippen LogP contribution in [-0.4, -0.2) is 34.0 Å². The first-order valence-corrected chi connectivity index (χ1v) is 10.4. The van der Waals surface area contributed by atoms with Crippen molar-refractivity contribution >= 4 is 5.97 Å². The molecule has 2 N–H and O–H groups in total. The molecule has 2 fully saturated rings. The van der Waals surface area contributed by atoms with E-state index in [1.807, 2.05) is 45.1 Å². The third-order valence-corrected chi connectivity index (χ3v) is 6.65. The van der Waals surface area contributed by atoms with Crippen LogP contribution >= 0.6 is 0 Å². The summed E-state index contributed by atoms with van der Waals surface area (Å²) < 4.78 is 6.04. The van der Waals surface area contributed by atoms with E-state index in [2.05, 4.69) is 19.1 Å². The number of aliphatic carboxylic acids is 1. The SMILES string of the molecule is C/C=C(\C)[C@@]1(O)C(/C=C/C=C(C)/C=C/C=C/C(=O)O)[C@@H]2CC=C(C)C[C@H]2[C@@H]2O[C@@H]21. The molecule has 156 valence electrons. The maximum absolute atomic E-state index is 11.7. The molecule has 0 aromatic heterocycles. The molecule has 0 aromatic rings. The summed E-state index contributed by atoms with van der Waals surface area (Å²) in [6, 6.07) is 0. The topological polar surface area (TPSA) is 70.1 Å². The Hall–Kier alpha value is -2.17. The minimum Gasteiger partial charge on any atom is -0.478 e. The first-order valence-electron chi connectivity index (χ1n) is 10.4. The lowest BCUT2D eigenvalue weighted by Crippen LogP contribution is -2.54. The normalized spacial score (nSPS) is 37.7. The van der Waals surface area contributed by atoms with Crippen molar-refractivity contribution in [3.8, 4) is 0 Å². The first-order chi connectivity index (χ1) is 13.8. The van der Waals surface area contributed by atoms with Crippen molar-refractivity contribution in [2.75, 3.05) is 0 Å². The Balaban J connectivity index is 1.84. The summed E-state index contributed by atoms with van der Waals surface area (Å²) in [5, 5.41) is 20.4. The lowest BCUT2D eigenvalue weighted by Gasteiger charge is -2.47. The second kappa shape index (κ2) is 8.68. The van der Waals surface area contributed by atoms with E-state index in [4.69, 9.17) is 9.84 Å². The van der Waals surface area contributed by atoms with E-state index >= 15 is 0 Å². The highest BCUT2D eigenvalue weighted by Gasteiger charge is 2.67. The van der Waals surface area contributed by atoms with E-state index in [1.165, 1.54) is 11.6 Å². The molecule has 1 heterocycles. The molecule has 0 spiro atoms. The average Bonchev–Trinajstić information content (AvgIpc) is 3.49. The average molecular weight is 397 g/mol. The number of carboxylic acids is 1. The summed E-state index contributed by atoms with van der Waals surface area (Å²) >= 11 is 0. The summed E-state index contributed by atoms with van der Waals surface area (Å²) in [5.74, 6) is -0.132. The predicted octanol–water partition coefficient (Wildman–Crippen LogP) is 4.75. The van der Waals surface area contributed by atoms with Gasteiger partial charge in [0, 0.05) is 12.0 Å². The van der Waals surface area contributed by atoms with Gasteiger partial charge < -0.3 is 14.9 Å². The fraction of sp³-hybridized carbons (Fsp3) is 0.480. The maximum Gasteiger partial charge on any atom is 0.328 e. The molecule has 1 saturated heterocycles. The Morgan fingerprint density at radius 3 is 2.62 bits per heavy atom. The summed E-state index contributed by atoms with van der Waals surface area (Å²) in [6.45, 7) is 8.13. The molecule has 2 aliphatic carbocycles. The zero-order valence-electron chi connectivity index (χ0n) is 17.7. The Morgan fingerprint density at radius 2 is 1.93 bits per heavy atom. The monoisotopic (exact) mass is 396 g/mol. The van der Waals surface area contributed by atoms with E-state index < -0.39 is 11.6 Å². The summed E-state index contributed by atoms with van der Waals surface area (Å²) in [7, 11) is 0. The zero-order valence-corrected chi connectivity index (χ0v) is 17.7. The minimum atomic E-state index is -0.960. The summed E-state index contributed by atoms with van der Waals surface area (Å²) in [5.41, 5.74) is 2.45. The van der Waals surface area contributed by atoms with Gasteiger partial charge in [0.2, 0.25) is 0 Å². The van der Waals surface area contributed by atoms with Crippen molar-refractivity contribution < 1.29 is 19.7 Å². The Labute approximate surface area is 173 Å². The standard InChI is InChI=1S/C25H32O4/c1-5-18(4)25(28)21(11-8-10-16(2)9-6-7-12-22(26)27)19-14-13-17(3)15-20(19)23-24(25)29-23/h5-13,19-21,23-24,28H,14-15H2,1-4H3,(H,26,27)/b9-6+,11-8+,12-7+,16-10+,18-5+/t19-,20-,21?,23+,24+,25-/m1/s1. The van der Waals surface area contributed by atoms with E-state index in [9.17, 15) is 9.90 Å². The van der Waals surface area contributed by atoms with Crippen molar-refractivity contribution in [2.24, 2.45) is 17.8 Å². The van der Waals surface area contributed by atoms with Crippen LogP contribution in [0.2, 0.25) is 0 Å². The quantitative estimate of drug-likeness (QED) is 0.294. The van der Waals surface area contributed by atoms with Gasteiger partial charge >= 0.3 is 5.97 Å². The van der Waals surface area contributed by atoms with Gasteiger partial charge in [0.25, 0.3) is 0 Å². The molecule has 4 nitrogen and oxygen atoms in total. The van der Waals surface area contributed by atoms with Gasteiger partial charge in [-0.3, -0.25) is 0 Å². The number of aliphatic hydroxyl groups is 1. The van der Waals surface area contributed by atoms with Crippen molar-refractivity contribution in [3.05, 3.63) is 71.4 Å². The second-order valence-corrected chi connectivity index (χ2v) is 8.51. The Morgan fingerprint density at radius 1 is 1.21 bits per heavy atom. The molecule has 3 rings (SSSR count). The van der Waals surface area contributed by atoms with Gasteiger partial charge in [-0.1, -0.05) is 59.8 Å². The van der Waals surface area contributed by atoms with Gasteiger partial charge in [0.1, 0.15) is 11.7 Å². The number of carbonyl (C=O) groups is 1. The van der Waals surface area contributed by atoms with Crippen LogP contribution in [0.3, 0.4) is 0 Å². The highest BCUT2D eigenvalue weighted by Crippen LogP contribution is 2.58. The van der Waals surface area contributed by atoms with E-state index in [-0.39, 0.29) is 18.1 Å². The van der Waals surface area contributed by atoms with Crippen LogP contribution in [0.5, 0.6) is 0 Å². The molecule has 0 radical (unpaired) electrons. The molecule has 0 bridgehead atoms. The van der Waals surface area contributed by atoms with Crippen LogP contribution in [-0.2, 0) is 9.53 Å². The van der Waals surface area contributed by atoms with E-state index in [0.29, 0.717) is 11.8 Å². The summed E-state index contributed by atoms with van der Waals surface area (Å²) in [6.07, 6.45) is 18.7. The highest BCUT2D eigenvalue weighted by atomic mass is 16.6. The van der Waals surface area contributed by atoms with Crippen LogP contribution in [0.1, 0.15) is 40.5 Å². The third-order valence-electron chi connectivity index (χ3n) is 6.65. The largest absolute Gasteiger partial charge is 0.478 e. The van der Waals surface area contributed by atoms with E-state index in [0.717, 1.165) is 30.1 Å². The molecule has 6 atom stereocenters. The van der Waals surface area contributed by atoms with Gasteiger partial charge in [-0.25, -0.2) is 4.79 Å². The van der Waals surface area contributed by atoms with Crippen LogP contribution < -0.4 is 0 Å². The molecule has 1 saturated carbocycles. The Bertz CT molecular complexity index is 826. The number of hydrogen-bond acceptors (Lipinski definition) is 3. The highest BCUT2D eigenvalue weighted by molar-refractivity contribution is 5.80. The van der Waals surface area contributed by atoms with Crippen LogP contribution in [0.4, 0.5) is 0 Å².